The summed E-state index contributed by atoms with van der Waals surface area (Å²) in [6, 6.07) is 18.1. The van der Waals surface area contributed by atoms with Crippen LogP contribution in [0.2, 0.25) is 0 Å². The second kappa shape index (κ2) is 17.5. The van der Waals surface area contributed by atoms with Gasteiger partial charge in [-0.3, -0.25) is 4.79 Å². The zero-order chi connectivity index (χ0) is 34.6. The number of nitrogens with zero attached hydrogens (tertiary/aromatic N) is 2. The number of aliphatic hydroxyl groups excluding tert-OH is 1. The third kappa shape index (κ3) is 10.4. The van der Waals surface area contributed by atoms with Crippen LogP contribution in [-0.2, 0) is 4.74 Å². The van der Waals surface area contributed by atoms with Gasteiger partial charge in [0.2, 0.25) is 0 Å². The first-order valence-corrected chi connectivity index (χ1v) is 16.3. The fraction of sp³-hybridized carbons (Fsp3) is 0.417. The molecule has 12 heteroatoms. The first-order valence-electron chi connectivity index (χ1n) is 16.3. The second-order valence-corrected chi connectivity index (χ2v) is 12.3. The molecule has 3 aromatic carbocycles. The summed E-state index contributed by atoms with van der Waals surface area (Å²) in [5, 5.41) is 18.5. The fourth-order valence-corrected chi connectivity index (χ4v) is 5.38. The Hall–Kier alpha value is -4.68. The molecule has 1 heterocycles. The van der Waals surface area contributed by atoms with Crippen LogP contribution in [0.1, 0.15) is 50.4 Å². The molecule has 0 spiro atoms. The maximum absolute atomic E-state index is 14.3. The van der Waals surface area contributed by atoms with Gasteiger partial charge >= 0.3 is 12.1 Å². The Morgan fingerprint density at radius 2 is 1.65 bits per heavy atom. The van der Waals surface area contributed by atoms with Crippen molar-refractivity contribution in [3.05, 3.63) is 84.2 Å². The molecular weight excluding hydrogens is 617 g/mol. The number of hydrogen-bond acceptors (Lipinski definition) is 6. The molecule has 11 nitrogen and oxygen atoms in total. The number of rotatable bonds is 7. The van der Waals surface area contributed by atoms with E-state index in [4.69, 9.17) is 9.47 Å². The van der Waals surface area contributed by atoms with Crippen LogP contribution in [-0.4, -0.2) is 84.5 Å². The van der Waals surface area contributed by atoms with Crippen LogP contribution in [0.4, 0.5) is 31.0 Å². The Morgan fingerprint density at radius 1 is 0.979 bits per heavy atom. The van der Waals surface area contributed by atoms with Gasteiger partial charge < -0.3 is 40.3 Å². The van der Waals surface area contributed by atoms with Gasteiger partial charge in [-0.1, -0.05) is 25.1 Å². The smallest absolute Gasteiger partial charge is 0.323 e. The van der Waals surface area contributed by atoms with Crippen LogP contribution < -0.4 is 20.7 Å². The van der Waals surface area contributed by atoms with E-state index in [0.717, 1.165) is 12.8 Å². The van der Waals surface area contributed by atoms with E-state index in [1.165, 1.54) is 29.2 Å². The number of halogens is 1. The van der Waals surface area contributed by atoms with Crippen molar-refractivity contribution in [2.75, 3.05) is 49.3 Å². The molecule has 1 aliphatic heterocycles. The highest BCUT2D eigenvalue weighted by molar-refractivity contribution is 6.02. The van der Waals surface area contributed by atoms with E-state index in [9.17, 15) is 23.9 Å². The Labute approximate surface area is 281 Å². The number of anilines is 3. The lowest BCUT2D eigenvalue weighted by atomic mass is 10.0. The van der Waals surface area contributed by atoms with E-state index < -0.39 is 24.0 Å². The topological polar surface area (TPSA) is 132 Å². The highest BCUT2D eigenvalue weighted by atomic mass is 19.1. The molecule has 258 valence electrons. The van der Waals surface area contributed by atoms with E-state index in [2.05, 4.69) is 16.0 Å². The molecule has 3 aromatic rings. The Bertz CT molecular complexity index is 1510. The number of carbonyl (C=O) groups is 3. The number of fused-ring (bicyclic) bond motifs is 1. The molecule has 4 N–H and O–H groups in total. The van der Waals surface area contributed by atoms with Crippen LogP contribution in [0.5, 0.6) is 5.75 Å². The molecule has 4 atom stereocenters. The van der Waals surface area contributed by atoms with Crippen LogP contribution in [0.15, 0.2) is 72.8 Å². The Balaban J connectivity index is 1.57. The van der Waals surface area contributed by atoms with Gasteiger partial charge in [-0.2, -0.15) is 0 Å². The van der Waals surface area contributed by atoms with Gasteiger partial charge in [0.25, 0.3) is 5.91 Å². The molecule has 0 unspecified atom stereocenters. The van der Waals surface area contributed by atoms with Crippen molar-refractivity contribution in [3.8, 4) is 5.75 Å². The van der Waals surface area contributed by atoms with E-state index in [1.54, 1.807) is 49.2 Å². The van der Waals surface area contributed by atoms with Gasteiger partial charge in [-0.25, -0.2) is 14.0 Å². The van der Waals surface area contributed by atoms with Gasteiger partial charge in [0.15, 0.2) is 0 Å². The number of ether oxygens (including phenoxy) is 2. The van der Waals surface area contributed by atoms with Gasteiger partial charge in [0.1, 0.15) is 11.6 Å². The summed E-state index contributed by atoms with van der Waals surface area (Å²) in [5.41, 5.74) is 1.72. The van der Waals surface area contributed by atoms with Gasteiger partial charge in [0, 0.05) is 49.7 Å². The minimum Gasteiger partial charge on any atom is -0.490 e. The minimum absolute atomic E-state index is 0.208. The molecule has 0 aliphatic carbocycles. The summed E-state index contributed by atoms with van der Waals surface area (Å²) >= 11 is 0. The summed E-state index contributed by atoms with van der Waals surface area (Å²) in [4.78, 5) is 43.2. The average Bonchev–Trinajstić information content (AvgIpc) is 3.07. The molecule has 0 saturated heterocycles. The van der Waals surface area contributed by atoms with E-state index >= 15 is 0 Å². The summed E-state index contributed by atoms with van der Waals surface area (Å²) in [5.74, 6) is -0.653. The largest absolute Gasteiger partial charge is 0.490 e. The number of aliphatic hydroxyl groups is 1. The number of urea groups is 2. The number of amides is 5. The van der Waals surface area contributed by atoms with Gasteiger partial charge in [-0.15, -0.1) is 0 Å². The standard InChI is InChI=1S/C36H46FN5O6/c1-24-21-42(25(2)23-43)34(44)31-20-30(39-35(45)38-28-11-6-5-7-12-28)17-18-32(31)48-26(3)10-8-9-19-47-33(24)22-41(4)36(46)40-29-15-13-27(37)14-16-29/h5-7,11-18,20,24-26,33,43H,8-10,19,21-23H2,1-4H3,(H,40,46)(H2,38,39,45)/t24-,25+,26-,33-/m1/s1. The molecular formula is C36H46FN5O6. The average molecular weight is 664 g/mol. The van der Waals surface area contributed by atoms with Crippen molar-refractivity contribution in [2.24, 2.45) is 5.92 Å². The molecule has 48 heavy (non-hydrogen) atoms. The predicted octanol–water partition coefficient (Wildman–Crippen LogP) is 6.43. The molecule has 0 bridgehead atoms. The molecule has 0 fully saturated rings. The van der Waals surface area contributed by atoms with Crippen LogP contribution in [0, 0.1) is 11.7 Å². The Kier molecular flexibility index (Phi) is 13.2. The summed E-state index contributed by atoms with van der Waals surface area (Å²) in [6.07, 6.45) is 1.65. The lowest BCUT2D eigenvalue weighted by Gasteiger charge is -2.35. The van der Waals surface area contributed by atoms with Crippen LogP contribution in [0.25, 0.3) is 0 Å². The third-order valence-electron chi connectivity index (χ3n) is 8.24. The van der Waals surface area contributed by atoms with Crippen molar-refractivity contribution >= 4 is 35.0 Å². The summed E-state index contributed by atoms with van der Waals surface area (Å²) in [7, 11) is 1.65. The number of para-hydroxylation sites is 1. The lowest BCUT2D eigenvalue weighted by Crippen LogP contribution is -2.48. The molecule has 5 amide bonds. The summed E-state index contributed by atoms with van der Waals surface area (Å²) in [6.45, 7) is 6.24. The zero-order valence-electron chi connectivity index (χ0n) is 27.9. The summed E-state index contributed by atoms with van der Waals surface area (Å²) < 4.78 is 25.9. The maximum Gasteiger partial charge on any atom is 0.323 e. The van der Waals surface area contributed by atoms with Gasteiger partial charge in [-0.05, 0) is 87.7 Å². The van der Waals surface area contributed by atoms with Crippen LogP contribution in [0.3, 0.4) is 0 Å². The second-order valence-electron chi connectivity index (χ2n) is 12.3. The normalized spacial score (nSPS) is 19.6. The van der Waals surface area contributed by atoms with Gasteiger partial charge in [0.05, 0.1) is 30.4 Å². The van der Waals surface area contributed by atoms with Crippen molar-refractivity contribution in [1.82, 2.24) is 9.80 Å². The monoisotopic (exact) mass is 663 g/mol. The first-order chi connectivity index (χ1) is 23.0. The molecule has 1 aliphatic rings. The fourth-order valence-electron chi connectivity index (χ4n) is 5.38. The van der Waals surface area contributed by atoms with Crippen LogP contribution >= 0.6 is 0 Å². The number of hydrogen-bond donors (Lipinski definition) is 4. The van der Waals surface area contributed by atoms with E-state index in [-0.39, 0.29) is 49.2 Å². The zero-order valence-corrected chi connectivity index (χ0v) is 27.9. The SMILES string of the molecule is C[C@@H]1CCCCO[C@H](CN(C)C(=O)Nc2ccc(F)cc2)[C@H](C)CN([C@@H](C)CO)C(=O)c2cc(NC(=O)Nc3ccccc3)ccc2O1. The van der Waals surface area contributed by atoms with Crippen molar-refractivity contribution in [1.29, 1.82) is 0 Å². The molecule has 0 radical (unpaired) electrons. The predicted molar refractivity (Wildman–Crippen MR) is 184 cm³/mol. The maximum atomic E-state index is 14.3. The molecule has 0 saturated carbocycles. The first kappa shape index (κ1) is 36.2. The lowest BCUT2D eigenvalue weighted by molar-refractivity contribution is -0.0115. The number of likely N-dealkylation sites (N-methyl/N-ethyl adjacent to an activating group) is 1. The van der Waals surface area contributed by atoms with Crippen molar-refractivity contribution in [2.45, 2.75) is 58.3 Å². The van der Waals surface area contributed by atoms with E-state index in [1.807, 2.05) is 32.0 Å². The quantitative estimate of drug-likeness (QED) is 0.230. The number of benzene rings is 3. The van der Waals surface area contributed by atoms with Crippen molar-refractivity contribution < 1.29 is 33.4 Å². The molecule has 0 aromatic heterocycles. The number of carbonyl (C=O) groups excluding carboxylic acids is 3. The highest BCUT2D eigenvalue weighted by Gasteiger charge is 2.31. The highest BCUT2D eigenvalue weighted by Crippen LogP contribution is 2.29. The van der Waals surface area contributed by atoms with Crippen molar-refractivity contribution in [3.63, 3.8) is 0 Å². The minimum atomic E-state index is -0.559. The number of nitrogens with one attached hydrogen (secondary N) is 3. The third-order valence-corrected chi connectivity index (χ3v) is 8.24. The Morgan fingerprint density at radius 3 is 2.35 bits per heavy atom. The molecule has 4 rings (SSSR count). The van der Waals surface area contributed by atoms with E-state index in [0.29, 0.717) is 35.8 Å².